The Labute approximate surface area is 174 Å². The molecule has 2 aromatic rings. The minimum absolute atomic E-state index is 0.00401. The van der Waals surface area contributed by atoms with E-state index < -0.39 is 5.54 Å². The summed E-state index contributed by atoms with van der Waals surface area (Å²) in [5.41, 5.74) is 2.34. The van der Waals surface area contributed by atoms with Gasteiger partial charge < -0.3 is 24.6 Å². The molecule has 2 fully saturated rings. The van der Waals surface area contributed by atoms with Crippen molar-refractivity contribution in [3.63, 3.8) is 0 Å². The Morgan fingerprint density at radius 2 is 1.90 bits per heavy atom. The average molecular weight is 405 g/mol. The molecule has 4 atom stereocenters. The molecule has 0 bridgehead atoms. The summed E-state index contributed by atoms with van der Waals surface area (Å²) in [5.74, 6) is 1.48. The van der Waals surface area contributed by atoms with Gasteiger partial charge in [0.1, 0.15) is 5.54 Å². The first-order chi connectivity index (χ1) is 14.5. The molecule has 6 rings (SSSR count). The summed E-state index contributed by atoms with van der Waals surface area (Å²) in [7, 11) is 1.71. The maximum absolute atomic E-state index is 13.4. The van der Waals surface area contributed by atoms with Crippen LogP contribution >= 0.6 is 0 Å². The van der Waals surface area contributed by atoms with Crippen molar-refractivity contribution in [2.75, 3.05) is 25.7 Å². The maximum Gasteiger partial charge on any atom is 0.248 e. The summed E-state index contributed by atoms with van der Waals surface area (Å²) in [4.78, 5) is 30.1. The highest BCUT2D eigenvalue weighted by Crippen LogP contribution is 2.54. The van der Waals surface area contributed by atoms with E-state index in [0.717, 1.165) is 11.3 Å². The lowest BCUT2D eigenvalue weighted by Gasteiger charge is -2.56. The van der Waals surface area contributed by atoms with Crippen molar-refractivity contribution in [1.82, 2.24) is 9.80 Å². The standard InChI is InChI=1S/C23H23N3O4/c1-23-10-15-14-5-3-4-6-16(14)24-20(15)21(26(23)19(27)11-25(2)22(23)28)13-7-8-17-18(9-13)30-12-29-17/h3-9,15,20-21,24H,10-12H2,1-2H3/t15?,20?,21-,23-/m1/s1. The molecule has 4 aliphatic rings. The average Bonchev–Trinajstić information content (AvgIpc) is 3.34. The van der Waals surface area contributed by atoms with Crippen molar-refractivity contribution in [3.8, 4) is 11.5 Å². The number of carbonyl (C=O) groups excluding carboxylic acids is 2. The Kier molecular flexibility index (Phi) is 3.47. The fourth-order valence-electron chi connectivity index (χ4n) is 5.79. The van der Waals surface area contributed by atoms with Crippen LogP contribution in [0.2, 0.25) is 0 Å². The van der Waals surface area contributed by atoms with Crippen LogP contribution in [0.15, 0.2) is 42.5 Å². The van der Waals surface area contributed by atoms with Crippen molar-refractivity contribution in [1.29, 1.82) is 0 Å². The third-order valence-corrected chi connectivity index (χ3v) is 7.07. The van der Waals surface area contributed by atoms with Crippen molar-refractivity contribution in [2.45, 2.75) is 36.9 Å². The zero-order chi connectivity index (χ0) is 20.6. The van der Waals surface area contributed by atoms with Gasteiger partial charge in [0.15, 0.2) is 11.5 Å². The number of nitrogens with one attached hydrogen (secondary N) is 1. The minimum Gasteiger partial charge on any atom is -0.454 e. The largest absolute Gasteiger partial charge is 0.454 e. The van der Waals surface area contributed by atoms with E-state index in [-0.39, 0.29) is 43.2 Å². The van der Waals surface area contributed by atoms with Gasteiger partial charge in [0.05, 0.1) is 18.6 Å². The molecule has 1 N–H and O–H groups in total. The van der Waals surface area contributed by atoms with Gasteiger partial charge in [-0.15, -0.1) is 0 Å². The molecule has 0 radical (unpaired) electrons. The third kappa shape index (κ3) is 2.20. The maximum atomic E-state index is 13.4. The van der Waals surface area contributed by atoms with E-state index in [2.05, 4.69) is 17.4 Å². The number of ether oxygens (including phenoxy) is 2. The van der Waals surface area contributed by atoms with Crippen LogP contribution in [0.25, 0.3) is 0 Å². The molecule has 2 unspecified atom stereocenters. The molecular weight excluding hydrogens is 382 g/mol. The smallest absolute Gasteiger partial charge is 0.248 e. The van der Waals surface area contributed by atoms with Crippen LogP contribution in [0, 0.1) is 0 Å². The van der Waals surface area contributed by atoms with Gasteiger partial charge in [-0.2, -0.15) is 0 Å². The van der Waals surface area contributed by atoms with Crippen LogP contribution in [0.1, 0.15) is 36.4 Å². The zero-order valence-corrected chi connectivity index (χ0v) is 16.9. The second-order valence-electron chi connectivity index (χ2n) is 8.82. The lowest BCUT2D eigenvalue weighted by molar-refractivity contribution is -0.171. The van der Waals surface area contributed by atoms with Crippen molar-refractivity contribution in [2.24, 2.45) is 0 Å². The van der Waals surface area contributed by atoms with Crippen LogP contribution < -0.4 is 14.8 Å². The second kappa shape index (κ2) is 5.90. The summed E-state index contributed by atoms with van der Waals surface area (Å²) in [6.45, 7) is 2.21. The Bertz CT molecular complexity index is 1090. The third-order valence-electron chi connectivity index (χ3n) is 7.07. The van der Waals surface area contributed by atoms with Crippen molar-refractivity contribution < 1.29 is 19.1 Å². The first kappa shape index (κ1) is 17.6. The summed E-state index contributed by atoms with van der Waals surface area (Å²) < 4.78 is 11.1. The van der Waals surface area contributed by atoms with E-state index >= 15 is 0 Å². The highest BCUT2D eigenvalue weighted by molar-refractivity contribution is 5.98. The van der Waals surface area contributed by atoms with Gasteiger partial charge >= 0.3 is 0 Å². The number of nitrogens with zero attached hydrogens (tertiary/aromatic N) is 2. The van der Waals surface area contributed by atoms with Gasteiger partial charge in [-0.25, -0.2) is 0 Å². The SMILES string of the molecule is CN1CC(=O)N2[C@H](c3ccc4c(c3)OCO4)C3Nc4ccccc4C3C[C@]2(C)C1=O. The molecule has 0 spiro atoms. The molecule has 7 nitrogen and oxygen atoms in total. The molecule has 2 amide bonds. The number of hydrogen-bond donors (Lipinski definition) is 1. The highest BCUT2D eigenvalue weighted by Gasteiger charge is 2.60. The molecule has 154 valence electrons. The number of fused-ring (bicyclic) bond motifs is 5. The minimum atomic E-state index is -0.897. The number of rotatable bonds is 1. The van der Waals surface area contributed by atoms with Gasteiger partial charge in [0, 0.05) is 18.7 Å². The van der Waals surface area contributed by atoms with Crippen molar-refractivity contribution in [3.05, 3.63) is 53.6 Å². The molecule has 4 heterocycles. The molecule has 2 aromatic carbocycles. The van der Waals surface area contributed by atoms with Gasteiger partial charge in [0.25, 0.3) is 0 Å². The number of amides is 2. The Balaban J connectivity index is 1.53. The molecular formula is C23H23N3O4. The predicted octanol–water partition coefficient (Wildman–Crippen LogP) is 2.50. The summed E-state index contributed by atoms with van der Waals surface area (Å²) >= 11 is 0. The second-order valence-corrected chi connectivity index (χ2v) is 8.82. The fraction of sp³-hybridized carbons (Fsp3) is 0.391. The van der Waals surface area contributed by atoms with E-state index in [4.69, 9.17) is 9.47 Å². The Hall–Kier alpha value is -3.22. The van der Waals surface area contributed by atoms with E-state index in [1.807, 2.05) is 42.2 Å². The Morgan fingerprint density at radius 3 is 2.77 bits per heavy atom. The van der Waals surface area contributed by atoms with E-state index in [1.165, 1.54) is 5.56 Å². The van der Waals surface area contributed by atoms with Crippen LogP contribution in [0.4, 0.5) is 5.69 Å². The highest BCUT2D eigenvalue weighted by atomic mass is 16.7. The number of hydrogen-bond acceptors (Lipinski definition) is 5. The zero-order valence-electron chi connectivity index (χ0n) is 16.9. The van der Waals surface area contributed by atoms with Gasteiger partial charge in [-0.05, 0) is 42.7 Å². The molecule has 0 aromatic heterocycles. The summed E-state index contributed by atoms with van der Waals surface area (Å²) in [6.07, 6.45) is 0.595. The lowest BCUT2D eigenvalue weighted by atomic mass is 9.70. The fourth-order valence-corrected chi connectivity index (χ4v) is 5.79. The monoisotopic (exact) mass is 405 g/mol. The lowest BCUT2D eigenvalue weighted by Crippen LogP contribution is -2.71. The number of para-hydroxylation sites is 1. The van der Waals surface area contributed by atoms with Crippen molar-refractivity contribution >= 4 is 17.5 Å². The Morgan fingerprint density at radius 1 is 1.10 bits per heavy atom. The number of carbonyl (C=O) groups is 2. The van der Waals surface area contributed by atoms with Crippen LogP contribution in [-0.2, 0) is 9.59 Å². The summed E-state index contributed by atoms with van der Waals surface area (Å²) in [6, 6.07) is 13.8. The van der Waals surface area contributed by atoms with Crippen LogP contribution in [0.5, 0.6) is 11.5 Å². The molecule has 2 saturated heterocycles. The van der Waals surface area contributed by atoms with Gasteiger partial charge in [-0.3, -0.25) is 9.59 Å². The number of anilines is 1. The van der Waals surface area contributed by atoms with Crippen LogP contribution in [0.3, 0.4) is 0 Å². The number of likely N-dealkylation sites (N-methyl/N-ethyl adjacent to an activating group) is 1. The first-order valence-corrected chi connectivity index (χ1v) is 10.3. The van der Waals surface area contributed by atoms with Crippen LogP contribution in [-0.4, -0.2) is 53.6 Å². The van der Waals surface area contributed by atoms with Gasteiger partial charge in [-0.1, -0.05) is 24.3 Å². The number of piperazine rings is 1. The number of benzene rings is 2. The van der Waals surface area contributed by atoms with E-state index in [1.54, 1.807) is 11.9 Å². The molecule has 7 heteroatoms. The normalized spacial score (nSPS) is 31.2. The van der Waals surface area contributed by atoms with Gasteiger partial charge in [0.2, 0.25) is 18.6 Å². The predicted molar refractivity (Wildman–Crippen MR) is 109 cm³/mol. The molecule has 4 aliphatic heterocycles. The topological polar surface area (TPSA) is 71.1 Å². The van der Waals surface area contributed by atoms with E-state index in [0.29, 0.717) is 17.9 Å². The number of piperidine rings is 1. The summed E-state index contributed by atoms with van der Waals surface area (Å²) in [5, 5.41) is 3.66. The van der Waals surface area contributed by atoms with E-state index in [9.17, 15) is 9.59 Å². The first-order valence-electron chi connectivity index (χ1n) is 10.3. The quantitative estimate of drug-likeness (QED) is 0.789. The molecule has 0 saturated carbocycles. The molecule has 0 aliphatic carbocycles. The molecule has 30 heavy (non-hydrogen) atoms.